The minimum atomic E-state index is -1.03. The minimum absolute atomic E-state index is 0.0500. The number of aryl methyl sites for hydroxylation is 2. The van der Waals surface area contributed by atoms with Crippen molar-refractivity contribution in [3.05, 3.63) is 106 Å². The number of ether oxygens (including phenoxy) is 4. The Hall–Kier alpha value is -7.42. The van der Waals surface area contributed by atoms with Crippen LogP contribution in [-0.4, -0.2) is 162 Å². The van der Waals surface area contributed by atoms with Gasteiger partial charge >= 0.3 is 12.1 Å². The molecule has 3 fully saturated rings. The first-order chi connectivity index (χ1) is 39.5. The number of carbonyl (C=O) groups excluding carboxylic acids is 2. The number of thiazole rings is 1. The van der Waals surface area contributed by atoms with E-state index in [0.29, 0.717) is 95.7 Å². The molecule has 0 spiro atoms. The molecule has 0 saturated carbocycles. The van der Waals surface area contributed by atoms with Gasteiger partial charge in [-0.2, -0.15) is 15.2 Å². The van der Waals surface area contributed by atoms with Gasteiger partial charge < -0.3 is 63.9 Å². The number of aromatic nitrogens is 4. The topological polar surface area (TPSA) is 254 Å². The molecule has 0 bridgehead atoms. The molecule has 2 unspecified atom stereocenters. The zero-order valence-electron chi connectivity index (χ0n) is 46.1. The Morgan fingerprint density at radius 3 is 2.59 bits per heavy atom. The number of nitriles is 1. The van der Waals surface area contributed by atoms with E-state index < -0.39 is 30.0 Å². The second-order valence-electron chi connectivity index (χ2n) is 21.4. The summed E-state index contributed by atoms with van der Waals surface area (Å²) in [6.07, 6.45) is 1.78. The quantitative estimate of drug-likeness (QED) is 0.0500. The molecule has 4 aliphatic heterocycles. The molecule has 3 aromatic heterocycles. The van der Waals surface area contributed by atoms with Crippen LogP contribution in [0, 0.1) is 37.0 Å². The molecule has 6 aromatic rings. The van der Waals surface area contributed by atoms with E-state index in [1.165, 1.54) is 15.7 Å². The summed E-state index contributed by atoms with van der Waals surface area (Å²) in [5.74, 6) is 0.250. The molecule has 4 aliphatic rings. The lowest BCUT2D eigenvalue weighted by Gasteiger charge is -2.41. The van der Waals surface area contributed by atoms with E-state index in [0.717, 1.165) is 64.0 Å². The van der Waals surface area contributed by atoms with Crippen molar-refractivity contribution in [2.75, 3.05) is 95.3 Å². The molecule has 10 rings (SSSR count). The van der Waals surface area contributed by atoms with Crippen molar-refractivity contribution in [2.24, 2.45) is 11.8 Å². The molecule has 4 N–H and O–H groups in total. The average Bonchev–Trinajstić information content (AvgIpc) is 4.48. The number of hydrogen-bond acceptors (Lipinski definition) is 18. The molecule has 428 valence electrons. The molecule has 81 heavy (non-hydrogen) atoms. The van der Waals surface area contributed by atoms with Gasteiger partial charge in [-0.25, -0.2) is 9.78 Å². The maximum Gasteiger partial charge on any atom is 0.407 e. The van der Waals surface area contributed by atoms with Crippen molar-refractivity contribution < 1.29 is 48.1 Å². The maximum atomic E-state index is 14.0. The Morgan fingerprint density at radius 1 is 0.951 bits per heavy atom. The third kappa shape index (κ3) is 13.3. The molecule has 7 heterocycles. The smallest absolute Gasteiger partial charge is 0.407 e. The zero-order chi connectivity index (χ0) is 56.4. The van der Waals surface area contributed by atoms with E-state index in [9.17, 15) is 29.9 Å². The summed E-state index contributed by atoms with van der Waals surface area (Å²) < 4.78 is 30.3. The number of carboxylic acid groups (broad SMARTS) is 1. The molecule has 21 nitrogen and oxygen atoms in total. The number of likely N-dealkylation sites (tertiary alicyclic amines) is 1. The zero-order valence-corrected chi connectivity index (χ0v) is 46.9. The molecular weight excluding hydrogens is 1050 g/mol. The number of nitrogens with zero attached hydrogens (tertiary/aromatic N) is 9. The van der Waals surface area contributed by atoms with Gasteiger partial charge in [-0.05, 0) is 74.4 Å². The molecule has 0 radical (unpaired) electrons. The number of piperazine rings is 1. The molecule has 0 aliphatic carbocycles. The largest absolute Gasteiger partial charge is 0.491 e. The second-order valence-corrected chi connectivity index (χ2v) is 22.3. The summed E-state index contributed by atoms with van der Waals surface area (Å²) in [6, 6.07) is 23.7. The highest BCUT2D eigenvalue weighted by Gasteiger charge is 2.41. The second kappa shape index (κ2) is 26.4. The molecule has 3 saturated heterocycles. The van der Waals surface area contributed by atoms with Gasteiger partial charge in [-0.15, -0.1) is 11.3 Å². The van der Waals surface area contributed by atoms with Gasteiger partial charge in [0, 0.05) is 86.7 Å². The SMILES string of the molecule is Cc1cc([C@@H](C(=O)N2CCCC2C(=O)NCc2ccc(-c3scnc3C)cc2OCCOCCOC[C@H]2CN[C@H](COc3nc4c(c(N5CCN(C(=O)O)[C@@H](CC#N)C5)n3)CCN(c3cccc5ccccc35)C4)C2)C(C)CO)on1. The van der Waals surface area contributed by atoms with Gasteiger partial charge in [0.25, 0.3) is 0 Å². The lowest BCUT2D eigenvalue weighted by atomic mass is 9.90. The summed E-state index contributed by atoms with van der Waals surface area (Å²) in [7, 11) is 0. The number of carbonyl (C=O) groups is 3. The fourth-order valence-electron chi connectivity index (χ4n) is 11.6. The number of hydrogen-bond donors (Lipinski definition) is 4. The fraction of sp³-hybridized carbons (Fsp3) is 0.492. The van der Waals surface area contributed by atoms with E-state index in [2.05, 4.69) is 73.0 Å². The monoisotopic (exact) mass is 1130 g/mol. The summed E-state index contributed by atoms with van der Waals surface area (Å²) >= 11 is 1.54. The molecule has 3 amide bonds. The predicted octanol–water partition coefficient (Wildman–Crippen LogP) is 6.49. The van der Waals surface area contributed by atoms with Crippen LogP contribution in [0.2, 0.25) is 0 Å². The highest BCUT2D eigenvalue weighted by molar-refractivity contribution is 7.13. The van der Waals surface area contributed by atoms with Crippen LogP contribution in [0.1, 0.15) is 72.5 Å². The van der Waals surface area contributed by atoms with Crippen LogP contribution in [-0.2, 0) is 38.6 Å². The first-order valence-electron chi connectivity index (χ1n) is 28.0. The number of rotatable bonds is 23. The molecule has 3 aromatic carbocycles. The summed E-state index contributed by atoms with van der Waals surface area (Å²) in [4.78, 5) is 62.8. The van der Waals surface area contributed by atoms with Crippen molar-refractivity contribution in [3.8, 4) is 28.3 Å². The molecule has 6 atom stereocenters. The Morgan fingerprint density at radius 2 is 1.79 bits per heavy atom. The van der Waals surface area contributed by atoms with Crippen molar-refractivity contribution in [2.45, 2.75) is 90.0 Å². The standard InChI is InChI=1S/C59H71N11O10S/c1-37(33-71)53(52-26-38(2)66-80-52)57(73)70-18-7-12-50(70)56(72)62-30-43-14-13-42(54-39(3)63-36-81-54)28-51(43)78-25-24-76-22-23-77-34-40-27-44(61-29-40)35-79-58-64-48-32-67(49-11-6-9-41-8-4-5-10-46(41)49)19-16-47(48)55(65-58)68-20-21-69(59(74)75)45(31-68)15-17-60/h4-6,8-11,13-14,26,28,36-37,40,44-45,50,53,61,71H,7,12,15-16,18-25,27,29-35H2,1-3H3,(H,62,72)(H,74,75)/t37?,40-,44+,45+,50?,53+/m1/s1. The maximum absolute atomic E-state index is 14.0. The number of anilines is 2. The molecule has 22 heteroatoms. The van der Waals surface area contributed by atoms with Crippen LogP contribution in [0.4, 0.5) is 16.3 Å². The first kappa shape index (κ1) is 56.8. The number of nitrogens with one attached hydrogen (secondary N) is 2. The highest BCUT2D eigenvalue weighted by Crippen LogP contribution is 2.37. The van der Waals surface area contributed by atoms with Crippen LogP contribution < -0.4 is 29.9 Å². The van der Waals surface area contributed by atoms with Crippen LogP contribution in [0.15, 0.2) is 76.8 Å². The summed E-state index contributed by atoms with van der Waals surface area (Å²) in [5.41, 5.74) is 8.10. The van der Waals surface area contributed by atoms with Crippen molar-refractivity contribution in [3.63, 3.8) is 0 Å². The minimum Gasteiger partial charge on any atom is -0.491 e. The Balaban J connectivity index is 0.698. The van der Waals surface area contributed by atoms with Crippen LogP contribution in [0.5, 0.6) is 11.8 Å². The number of fused-ring (bicyclic) bond motifs is 2. The van der Waals surface area contributed by atoms with Gasteiger partial charge in [-0.1, -0.05) is 60.6 Å². The van der Waals surface area contributed by atoms with Crippen LogP contribution >= 0.6 is 11.3 Å². The number of aliphatic hydroxyl groups is 1. The lowest BCUT2D eigenvalue weighted by molar-refractivity contribution is -0.141. The number of aliphatic hydroxyl groups excluding tert-OH is 1. The third-order valence-corrected chi connectivity index (χ3v) is 16.8. The van der Waals surface area contributed by atoms with Crippen LogP contribution in [0.3, 0.4) is 0 Å². The Bertz CT molecular complexity index is 3200. The van der Waals surface area contributed by atoms with E-state index in [1.54, 1.807) is 36.2 Å². The van der Waals surface area contributed by atoms with E-state index in [-0.39, 0.29) is 62.5 Å². The van der Waals surface area contributed by atoms with E-state index >= 15 is 0 Å². The van der Waals surface area contributed by atoms with Gasteiger partial charge in [0.15, 0.2) is 0 Å². The van der Waals surface area contributed by atoms with Gasteiger partial charge in [-0.3, -0.25) is 9.59 Å². The normalized spacial score (nSPS) is 19.8. The summed E-state index contributed by atoms with van der Waals surface area (Å²) in [6.45, 7) is 11.3. The molecular formula is C59H71N11O10S. The number of benzene rings is 3. The van der Waals surface area contributed by atoms with Gasteiger partial charge in [0.05, 0.1) is 79.0 Å². The Labute approximate surface area is 475 Å². The predicted molar refractivity (Wildman–Crippen MR) is 303 cm³/mol. The third-order valence-electron chi connectivity index (χ3n) is 15.9. The lowest BCUT2D eigenvalue weighted by Crippen LogP contribution is -2.55. The average molecular weight is 1130 g/mol. The number of amides is 3. The van der Waals surface area contributed by atoms with Gasteiger partial charge in [0.1, 0.15) is 42.5 Å². The van der Waals surface area contributed by atoms with Crippen LogP contribution in [0.25, 0.3) is 21.2 Å². The van der Waals surface area contributed by atoms with Crippen molar-refractivity contribution in [1.29, 1.82) is 5.26 Å². The summed E-state index contributed by atoms with van der Waals surface area (Å²) in [5, 5.41) is 42.5. The fourth-order valence-corrected chi connectivity index (χ4v) is 12.4. The Kier molecular flexibility index (Phi) is 18.6. The first-order valence-corrected chi connectivity index (χ1v) is 28.9. The van der Waals surface area contributed by atoms with Gasteiger partial charge in [0.2, 0.25) is 11.8 Å². The van der Waals surface area contributed by atoms with E-state index in [1.807, 2.05) is 36.7 Å². The highest BCUT2D eigenvalue weighted by atomic mass is 32.1. The van der Waals surface area contributed by atoms with E-state index in [4.69, 9.17) is 33.4 Å². The van der Waals surface area contributed by atoms with Crippen molar-refractivity contribution in [1.82, 2.24) is 40.5 Å². The van der Waals surface area contributed by atoms with Crippen molar-refractivity contribution >= 4 is 51.5 Å².